The minimum Gasteiger partial charge on any atom is -0.466 e. The zero-order chi connectivity index (χ0) is 21.3. The standard InChI is InChI=1S/C21H28FN5O2S/c1-3-26-7-9-27(10-8-26)14-17-11-18(22)6-5-16(17)13-23-25-21-24-19(15-30-21)12-20(28)29-4-2/h5-6,11,13,15H,3-4,7-10,12,14H2,1-2H3,(H,24,25). The number of halogens is 1. The summed E-state index contributed by atoms with van der Waals surface area (Å²) in [6, 6.07) is 4.77. The SMILES string of the molecule is CCOC(=O)Cc1csc(NN=Cc2ccc(F)cc2CN2CCN(CC)CC2)n1. The molecule has 0 atom stereocenters. The maximum absolute atomic E-state index is 13.8. The molecule has 0 radical (unpaired) electrons. The molecule has 1 saturated heterocycles. The Balaban J connectivity index is 1.59. The highest BCUT2D eigenvalue weighted by Gasteiger charge is 2.17. The molecular formula is C21H28FN5O2S. The van der Waals surface area contributed by atoms with Gasteiger partial charge < -0.3 is 9.64 Å². The van der Waals surface area contributed by atoms with Crippen LogP contribution in [0.4, 0.5) is 9.52 Å². The lowest BCUT2D eigenvalue weighted by Crippen LogP contribution is -2.45. The van der Waals surface area contributed by atoms with Crippen LogP contribution in [0.5, 0.6) is 0 Å². The average Bonchev–Trinajstić information content (AvgIpc) is 3.17. The van der Waals surface area contributed by atoms with E-state index in [-0.39, 0.29) is 18.2 Å². The van der Waals surface area contributed by atoms with Crippen molar-refractivity contribution < 1.29 is 13.9 Å². The topological polar surface area (TPSA) is 70.1 Å². The second-order valence-corrected chi connectivity index (χ2v) is 7.91. The van der Waals surface area contributed by atoms with Crippen molar-refractivity contribution in [3.8, 4) is 0 Å². The van der Waals surface area contributed by atoms with Crippen LogP contribution in [0.3, 0.4) is 0 Å². The fourth-order valence-corrected chi connectivity index (χ4v) is 3.96. The molecule has 1 N–H and O–H groups in total. The van der Waals surface area contributed by atoms with Gasteiger partial charge in [0.1, 0.15) is 5.82 Å². The van der Waals surface area contributed by atoms with E-state index in [1.165, 1.54) is 17.4 Å². The molecule has 1 aromatic carbocycles. The number of benzene rings is 1. The van der Waals surface area contributed by atoms with Crippen LogP contribution in [0, 0.1) is 5.82 Å². The van der Waals surface area contributed by atoms with Crippen LogP contribution in [0.1, 0.15) is 30.7 Å². The molecule has 3 rings (SSSR count). The Morgan fingerprint density at radius 1 is 1.30 bits per heavy atom. The van der Waals surface area contributed by atoms with Gasteiger partial charge in [0.05, 0.1) is 24.9 Å². The maximum Gasteiger partial charge on any atom is 0.311 e. The van der Waals surface area contributed by atoms with Gasteiger partial charge >= 0.3 is 5.97 Å². The third-order valence-corrected chi connectivity index (χ3v) is 5.75. The van der Waals surface area contributed by atoms with Gasteiger partial charge in [0.15, 0.2) is 0 Å². The molecule has 0 amide bonds. The van der Waals surface area contributed by atoms with Gasteiger partial charge in [-0.25, -0.2) is 9.37 Å². The number of anilines is 1. The van der Waals surface area contributed by atoms with Gasteiger partial charge in [0, 0.05) is 38.1 Å². The van der Waals surface area contributed by atoms with E-state index in [9.17, 15) is 9.18 Å². The Kier molecular flexibility index (Phi) is 8.30. The third kappa shape index (κ3) is 6.58. The number of piperazine rings is 1. The Morgan fingerprint density at radius 2 is 2.07 bits per heavy atom. The lowest BCUT2D eigenvalue weighted by atomic mass is 10.1. The highest BCUT2D eigenvalue weighted by Crippen LogP contribution is 2.17. The predicted octanol–water partition coefficient (Wildman–Crippen LogP) is 2.97. The van der Waals surface area contributed by atoms with Crippen molar-refractivity contribution in [1.82, 2.24) is 14.8 Å². The number of likely N-dealkylation sites (N-methyl/N-ethyl adjacent to an activating group) is 1. The van der Waals surface area contributed by atoms with E-state index >= 15 is 0 Å². The minimum absolute atomic E-state index is 0.142. The monoisotopic (exact) mass is 433 g/mol. The number of rotatable bonds is 9. The van der Waals surface area contributed by atoms with Crippen LogP contribution >= 0.6 is 11.3 Å². The van der Waals surface area contributed by atoms with Crippen molar-refractivity contribution in [3.05, 3.63) is 46.2 Å². The molecule has 1 aliphatic rings. The van der Waals surface area contributed by atoms with Gasteiger partial charge in [-0.2, -0.15) is 5.10 Å². The van der Waals surface area contributed by atoms with Gasteiger partial charge in [-0.1, -0.05) is 13.0 Å². The molecule has 0 saturated carbocycles. The van der Waals surface area contributed by atoms with E-state index in [0.717, 1.165) is 43.9 Å². The predicted molar refractivity (Wildman–Crippen MR) is 117 cm³/mol. The Bertz CT molecular complexity index is 865. The summed E-state index contributed by atoms with van der Waals surface area (Å²) < 4.78 is 18.8. The number of hydrogen-bond donors (Lipinski definition) is 1. The van der Waals surface area contributed by atoms with E-state index in [1.54, 1.807) is 30.7 Å². The lowest BCUT2D eigenvalue weighted by molar-refractivity contribution is -0.142. The smallest absolute Gasteiger partial charge is 0.311 e. The number of nitrogens with one attached hydrogen (secondary N) is 1. The van der Waals surface area contributed by atoms with Crippen molar-refractivity contribution in [1.29, 1.82) is 0 Å². The van der Waals surface area contributed by atoms with Gasteiger partial charge in [0.2, 0.25) is 5.13 Å². The number of ether oxygens (including phenoxy) is 1. The van der Waals surface area contributed by atoms with Crippen LogP contribution in [0.15, 0.2) is 28.7 Å². The molecule has 2 aromatic rings. The van der Waals surface area contributed by atoms with E-state index in [0.29, 0.717) is 24.0 Å². The number of hydrogen-bond acceptors (Lipinski definition) is 8. The fourth-order valence-electron chi connectivity index (χ4n) is 3.30. The van der Waals surface area contributed by atoms with Crippen molar-refractivity contribution in [2.24, 2.45) is 5.10 Å². The largest absolute Gasteiger partial charge is 0.466 e. The van der Waals surface area contributed by atoms with E-state index < -0.39 is 0 Å². The normalized spacial score (nSPS) is 15.6. The Hall–Kier alpha value is -2.36. The van der Waals surface area contributed by atoms with Gasteiger partial charge in [-0.15, -0.1) is 11.3 Å². The molecule has 0 bridgehead atoms. The molecular weight excluding hydrogens is 405 g/mol. The summed E-state index contributed by atoms with van der Waals surface area (Å²) in [4.78, 5) is 20.6. The summed E-state index contributed by atoms with van der Waals surface area (Å²) >= 11 is 1.37. The molecule has 0 aliphatic carbocycles. The first kappa shape index (κ1) is 22.3. The van der Waals surface area contributed by atoms with Crippen LogP contribution in [-0.2, 0) is 22.5 Å². The zero-order valence-electron chi connectivity index (χ0n) is 17.4. The van der Waals surface area contributed by atoms with Crippen molar-refractivity contribution in [2.45, 2.75) is 26.8 Å². The van der Waals surface area contributed by atoms with Crippen molar-refractivity contribution in [3.63, 3.8) is 0 Å². The van der Waals surface area contributed by atoms with Gasteiger partial charge in [0.25, 0.3) is 0 Å². The summed E-state index contributed by atoms with van der Waals surface area (Å²) in [5.74, 6) is -0.542. The Morgan fingerprint density at radius 3 is 2.80 bits per heavy atom. The number of thiazole rings is 1. The summed E-state index contributed by atoms with van der Waals surface area (Å²) in [6.45, 7) is 10.1. The number of carbonyl (C=O) groups excluding carboxylic acids is 1. The van der Waals surface area contributed by atoms with Crippen molar-refractivity contribution in [2.75, 3.05) is 44.8 Å². The number of aromatic nitrogens is 1. The first-order valence-electron chi connectivity index (χ1n) is 10.2. The van der Waals surface area contributed by atoms with Crippen LogP contribution < -0.4 is 5.43 Å². The van der Waals surface area contributed by atoms with E-state index in [2.05, 4.69) is 32.2 Å². The number of hydrazone groups is 1. The molecule has 1 aromatic heterocycles. The first-order chi connectivity index (χ1) is 14.6. The first-order valence-corrected chi connectivity index (χ1v) is 11.1. The van der Waals surface area contributed by atoms with Gasteiger partial charge in [-0.05, 0) is 36.7 Å². The van der Waals surface area contributed by atoms with E-state index in [1.807, 2.05) is 0 Å². The van der Waals surface area contributed by atoms with E-state index in [4.69, 9.17) is 4.74 Å². The molecule has 1 fully saturated rings. The molecule has 0 spiro atoms. The van der Waals surface area contributed by atoms with Gasteiger partial charge in [-0.3, -0.25) is 15.1 Å². The quantitative estimate of drug-likeness (QED) is 0.373. The highest BCUT2D eigenvalue weighted by atomic mass is 32.1. The fraction of sp³-hybridized carbons (Fsp3) is 0.476. The lowest BCUT2D eigenvalue weighted by Gasteiger charge is -2.34. The molecule has 7 nitrogen and oxygen atoms in total. The molecule has 1 aliphatic heterocycles. The molecule has 9 heteroatoms. The number of esters is 1. The molecule has 0 unspecified atom stereocenters. The molecule has 2 heterocycles. The number of carbonyl (C=O) groups is 1. The highest BCUT2D eigenvalue weighted by molar-refractivity contribution is 7.13. The van der Waals surface area contributed by atoms with Crippen LogP contribution in [0.2, 0.25) is 0 Å². The summed E-state index contributed by atoms with van der Waals surface area (Å²) in [6.07, 6.45) is 1.83. The second-order valence-electron chi connectivity index (χ2n) is 7.05. The molecule has 30 heavy (non-hydrogen) atoms. The van der Waals surface area contributed by atoms with Crippen molar-refractivity contribution >= 4 is 28.7 Å². The summed E-state index contributed by atoms with van der Waals surface area (Å²) in [7, 11) is 0. The summed E-state index contributed by atoms with van der Waals surface area (Å²) in [5.41, 5.74) is 5.31. The van der Waals surface area contributed by atoms with Crippen LogP contribution in [-0.4, -0.2) is 66.3 Å². The van der Waals surface area contributed by atoms with Crippen LogP contribution in [0.25, 0.3) is 0 Å². The Labute approximate surface area is 180 Å². The average molecular weight is 434 g/mol. The summed E-state index contributed by atoms with van der Waals surface area (Å²) in [5, 5.41) is 6.64. The second kappa shape index (κ2) is 11.1. The molecule has 162 valence electrons. The third-order valence-electron chi connectivity index (χ3n) is 4.96. The number of nitrogens with zero attached hydrogens (tertiary/aromatic N) is 4. The zero-order valence-corrected chi connectivity index (χ0v) is 18.3. The minimum atomic E-state index is -0.298. The maximum atomic E-state index is 13.8.